The molecule has 0 bridgehead atoms. The zero-order chi connectivity index (χ0) is 25.5. The van der Waals surface area contributed by atoms with Crippen molar-refractivity contribution in [2.45, 2.75) is 58.0 Å². The summed E-state index contributed by atoms with van der Waals surface area (Å²) in [6, 6.07) is 10.6. The number of benzene rings is 2. The lowest BCUT2D eigenvalue weighted by Gasteiger charge is -2.33. The van der Waals surface area contributed by atoms with Crippen LogP contribution in [0.2, 0.25) is 10.0 Å². The molecular weight excluding hydrogens is 497 g/mol. The van der Waals surface area contributed by atoms with Crippen LogP contribution < -0.4 is 5.32 Å². The average molecular weight is 526 g/mol. The number of rotatable bonds is 10. The maximum Gasteiger partial charge on any atom is 0.269 e. The zero-order valence-electron chi connectivity index (χ0n) is 19.6. The van der Waals surface area contributed by atoms with Gasteiger partial charge in [-0.25, -0.2) is 0 Å². The van der Waals surface area contributed by atoms with E-state index in [4.69, 9.17) is 23.2 Å². The maximum absolute atomic E-state index is 13.3. The Kier molecular flexibility index (Phi) is 10.2. The summed E-state index contributed by atoms with van der Waals surface area (Å²) in [6.45, 7) is 7.70. The van der Waals surface area contributed by atoms with Crippen molar-refractivity contribution >= 4 is 52.5 Å². The van der Waals surface area contributed by atoms with Crippen molar-refractivity contribution in [3.63, 3.8) is 0 Å². The average Bonchev–Trinajstić information content (AvgIpc) is 2.74. The van der Waals surface area contributed by atoms with Crippen LogP contribution in [0.3, 0.4) is 0 Å². The zero-order valence-corrected chi connectivity index (χ0v) is 22.0. The van der Waals surface area contributed by atoms with E-state index in [0.29, 0.717) is 27.8 Å². The minimum absolute atomic E-state index is 0.0199. The Labute approximate surface area is 214 Å². The molecular formula is C24H29Cl2N3O4S. The van der Waals surface area contributed by atoms with E-state index in [1.165, 1.54) is 23.9 Å². The lowest BCUT2D eigenvalue weighted by molar-refractivity contribution is -0.384. The number of hydrogen-bond donors (Lipinski definition) is 1. The van der Waals surface area contributed by atoms with E-state index >= 15 is 0 Å². The molecule has 0 fully saturated rings. The summed E-state index contributed by atoms with van der Waals surface area (Å²) in [5, 5.41) is 14.7. The van der Waals surface area contributed by atoms with E-state index in [2.05, 4.69) is 5.32 Å². The highest BCUT2D eigenvalue weighted by atomic mass is 35.5. The fraction of sp³-hybridized carbons (Fsp3) is 0.417. The third-order valence-electron chi connectivity index (χ3n) is 4.88. The number of hydrogen-bond acceptors (Lipinski definition) is 5. The van der Waals surface area contributed by atoms with Crippen molar-refractivity contribution in [3.8, 4) is 0 Å². The predicted molar refractivity (Wildman–Crippen MR) is 138 cm³/mol. The van der Waals surface area contributed by atoms with E-state index < -0.39 is 16.5 Å². The second-order valence-electron chi connectivity index (χ2n) is 8.84. The van der Waals surface area contributed by atoms with Gasteiger partial charge in [-0.1, -0.05) is 48.3 Å². The molecule has 1 N–H and O–H groups in total. The van der Waals surface area contributed by atoms with Crippen LogP contribution in [0, 0.1) is 10.1 Å². The molecule has 2 rings (SSSR count). The third-order valence-corrected chi connectivity index (χ3v) is 6.46. The standard InChI is InChI=1S/C24H29Cl2N3O4S/c1-5-21(23(31)27-24(2,3)4)28(13-17-8-9-18(25)12-20(17)26)22(30)15-34-14-16-6-10-19(11-7-16)29(32)33/h6-12,21H,5,13-15H2,1-4H3,(H,27,31)/t21-/m0/s1. The van der Waals surface area contributed by atoms with Crippen molar-refractivity contribution < 1.29 is 14.5 Å². The first-order valence-electron chi connectivity index (χ1n) is 10.8. The van der Waals surface area contributed by atoms with Crippen LogP contribution in [0.1, 0.15) is 45.2 Å². The third kappa shape index (κ3) is 8.49. The van der Waals surface area contributed by atoms with Crippen LogP contribution in [-0.4, -0.2) is 39.0 Å². The number of amides is 2. The first-order valence-corrected chi connectivity index (χ1v) is 12.7. The monoisotopic (exact) mass is 525 g/mol. The number of carbonyl (C=O) groups excluding carboxylic acids is 2. The van der Waals surface area contributed by atoms with Gasteiger partial charge in [-0.3, -0.25) is 19.7 Å². The molecule has 10 heteroatoms. The second-order valence-corrected chi connectivity index (χ2v) is 10.7. The Morgan fingerprint density at radius 2 is 1.79 bits per heavy atom. The summed E-state index contributed by atoms with van der Waals surface area (Å²) in [5.74, 6) is 0.216. The highest BCUT2D eigenvalue weighted by molar-refractivity contribution is 7.99. The van der Waals surface area contributed by atoms with Gasteiger partial charge in [-0.15, -0.1) is 11.8 Å². The molecule has 184 valence electrons. The molecule has 0 saturated carbocycles. The molecule has 2 amide bonds. The molecule has 0 heterocycles. The topological polar surface area (TPSA) is 92.6 Å². The van der Waals surface area contributed by atoms with Gasteiger partial charge < -0.3 is 10.2 Å². The van der Waals surface area contributed by atoms with E-state index in [9.17, 15) is 19.7 Å². The minimum Gasteiger partial charge on any atom is -0.350 e. The summed E-state index contributed by atoms with van der Waals surface area (Å²) in [6.07, 6.45) is 0.436. The SMILES string of the molecule is CC[C@@H](C(=O)NC(C)(C)C)N(Cc1ccc(Cl)cc1Cl)C(=O)CSCc1ccc([N+](=O)[O-])cc1. The van der Waals surface area contributed by atoms with E-state index in [1.54, 1.807) is 35.2 Å². The van der Waals surface area contributed by atoms with Gasteiger partial charge in [-0.05, 0) is 50.5 Å². The first kappa shape index (κ1) is 28.0. The van der Waals surface area contributed by atoms with E-state index in [-0.39, 0.29) is 29.8 Å². The van der Waals surface area contributed by atoms with Crippen molar-refractivity contribution in [2.24, 2.45) is 0 Å². The Morgan fingerprint density at radius 3 is 2.32 bits per heavy atom. The maximum atomic E-state index is 13.3. The van der Waals surface area contributed by atoms with Gasteiger partial charge in [-0.2, -0.15) is 0 Å². The summed E-state index contributed by atoms with van der Waals surface area (Å²) in [5.41, 5.74) is 1.14. The molecule has 2 aromatic rings. The molecule has 34 heavy (non-hydrogen) atoms. The van der Waals surface area contributed by atoms with E-state index in [0.717, 1.165) is 5.56 Å². The molecule has 0 aliphatic carbocycles. The number of nitrogens with zero attached hydrogens (tertiary/aromatic N) is 2. The van der Waals surface area contributed by atoms with Gasteiger partial charge in [0.15, 0.2) is 0 Å². The quantitative estimate of drug-likeness (QED) is 0.309. The molecule has 7 nitrogen and oxygen atoms in total. The summed E-state index contributed by atoms with van der Waals surface area (Å²) in [7, 11) is 0. The minimum atomic E-state index is -0.668. The molecule has 0 saturated heterocycles. The van der Waals surface area contributed by atoms with E-state index in [1.807, 2.05) is 27.7 Å². The van der Waals surface area contributed by atoms with Gasteiger partial charge in [0.05, 0.1) is 10.7 Å². The number of non-ortho nitro benzene ring substituents is 1. The number of halogens is 2. The van der Waals surface area contributed by atoms with Gasteiger partial charge in [0.2, 0.25) is 11.8 Å². The normalized spacial score (nSPS) is 12.2. The lowest BCUT2D eigenvalue weighted by atomic mass is 10.1. The molecule has 0 aliphatic rings. The van der Waals surface area contributed by atoms with Crippen molar-refractivity contribution in [2.75, 3.05) is 5.75 Å². The highest BCUT2D eigenvalue weighted by Gasteiger charge is 2.31. The molecule has 1 atom stereocenters. The van der Waals surface area contributed by atoms with Gasteiger partial charge >= 0.3 is 0 Å². The molecule has 0 unspecified atom stereocenters. The summed E-state index contributed by atoms with van der Waals surface area (Å²) >= 11 is 13.7. The Hall–Kier alpha value is -2.29. The Morgan fingerprint density at radius 1 is 1.15 bits per heavy atom. The molecule has 0 spiro atoms. The summed E-state index contributed by atoms with van der Waals surface area (Å²) in [4.78, 5) is 38.2. The van der Waals surface area contributed by atoms with Gasteiger partial charge in [0, 0.05) is 40.0 Å². The predicted octanol–water partition coefficient (Wildman–Crippen LogP) is 5.86. The number of nitrogens with one attached hydrogen (secondary N) is 1. The number of carbonyl (C=O) groups is 2. The van der Waals surface area contributed by atoms with Crippen LogP contribution in [0.5, 0.6) is 0 Å². The van der Waals surface area contributed by atoms with Gasteiger partial charge in [0.25, 0.3) is 5.69 Å². The van der Waals surface area contributed by atoms with Crippen LogP contribution in [0.4, 0.5) is 5.69 Å². The lowest BCUT2D eigenvalue weighted by Crippen LogP contribution is -2.53. The molecule has 0 aromatic heterocycles. The van der Waals surface area contributed by atoms with Gasteiger partial charge in [0.1, 0.15) is 6.04 Å². The van der Waals surface area contributed by atoms with Crippen LogP contribution >= 0.6 is 35.0 Å². The van der Waals surface area contributed by atoms with Crippen LogP contribution in [0.25, 0.3) is 0 Å². The number of nitro benzene ring substituents is 1. The summed E-state index contributed by atoms with van der Waals surface area (Å²) < 4.78 is 0. The smallest absolute Gasteiger partial charge is 0.269 e. The van der Waals surface area contributed by atoms with Crippen molar-refractivity contribution in [1.82, 2.24) is 10.2 Å². The fourth-order valence-electron chi connectivity index (χ4n) is 3.26. The Balaban J connectivity index is 2.18. The largest absolute Gasteiger partial charge is 0.350 e. The second kappa shape index (κ2) is 12.4. The molecule has 0 aliphatic heterocycles. The fourth-order valence-corrected chi connectivity index (χ4v) is 4.60. The van der Waals surface area contributed by atoms with Crippen LogP contribution in [-0.2, 0) is 21.9 Å². The van der Waals surface area contributed by atoms with Crippen molar-refractivity contribution in [3.05, 3.63) is 73.8 Å². The van der Waals surface area contributed by atoms with Crippen molar-refractivity contribution in [1.29, 1.82) is 0 Å². The first-order chi connectivity index (χ1) is 15.9. The van der Waals surface area contributed by atoms with Crippen LogP contribution in [0.15, 0.2) is 42.5 Å². The number of nitro groups is 1. The Bertz CT molecular complexity index is 1030. The highest BCUT2D eigenvalue weighted by Crippen LogP contribution is 2.25. The molecule has 0 radical (unpaired) electrons. The number of thioether (sulfide) groups is 1. The molecule has 2 aromatic carbocycles.